The first-order valence-corrected chi connectivity index (χ1v) is 11.4. The van der Waals surface area contributed by atoms with Crippen LogP contribution in [0.15, 0.2) is 4.99 Å². The van der Waals surface area contributed by atoms with E-state index in [-0.39, 0.29) is 6.04 Å². The molecule has 0 aromatic rings. The zero-order chi connectivity index (χ0) is 20.6. The quantitative estimate of drug-likeness (QED) is 0.483. The Kier molecular flexibility index (Phi) is 8.56. The van der Waals surface area contributed by atoms with Gasteiger partial charge in [-0.2, -0.15) is 0 Å². The third-order valence-corrected chi connectivity index (χ3v) is 6.73. The molecular formula is C21H40N6O2. The number of amides is 1. The van der Waals surface area contributed by atoms with Crippen LogP contribution < -0.4 is 5.32 Å². The van der Waals surface area contributed by atoms with E-state index in [1.54, 1.807) is 7.11 Å². The Morgan fingerprint density at radius 1 is 1.07 bits per heavy atom. The SMILES string of the molecule is CN=C(NCC1CCCN1CCOC)N1CCN(C(C)C(=O)N2CCCC2)CC1. The van der Waals surface area contributed by atoms with Crippen molar-refractivity contribution in [1.29, 1.82) is 0 Å². The molecule has 8 nitrogen and oxygen atoms in total. The molecule has 0 saturated carbocycles. The number of hydrogen-bond acceptors (Lipinski definition) is 5. The Bertz CT molecular complexity index is 543. The molecule has 3 aliphatic heterocycles. The Morgan fingerprint density at radius 2 is 1.79 bits per heavy atom. The van der Waals surface area contributed by atoms with Crippen LogP contribution in [0.5, 0.6) is 0 Å². The van der Waals surface area contributed by atoms with Gasteiger partial charge in [0.15, 0.2) is 5.96 Å². The van der Waals surface area contributed by atoms with Gasteiger partial charge in [-0.3, -0.25) is 19.6 Å². The largest absolute Gasteiger partial charge is 0.383 e. The standard InChI is InChI=1S/C21H40N6O2/c1-18(20(28)26-8-4-5-9-26)24-11-13-27(14-12-24)21(22-2)23-17-19-7-6-10-25(19)15-16-29-3/h18-19H,4-17H2,1-3H3,(H,22,23). The molecule has 2 unspecified atom stereocenters. The van der Waals surface area contributed by atoms with Crippen molar-refractivity contribution in [3.8, 4) is 0 Å². The van der Waals surface area contributed by atoms with Crippen molar-refractivity contribution < 1.29 is 9.53 Å². The maximum atomic E-state index is 12.7. The highest BCUT2D eigenvalue weighted by atomic mass is 16.5. The number of rotatable bonds is 7. The van der Waals surface area contributed by atoms with E-state index in [0.717, 1.165) is 84.3 Å². The van der Waals surface area contributed by atoms with E-state index in [1.807, 2.05) is 11.9 Å². The number of guanidine groups is 1. The van der Waals surface area contributed by atoms with Gasteiger partial charge in [-0.15, -0.1) is 0 Å². The normalized spacial score (nSPS) is 25.6. The Morgan fingerprint density at radius 3 is 2.45 bits per heavy atom. The number of piperazine rings is 1. The van der Waals surface area contributed by atoms with Crippen molar-refractivity contribution in [2.75, 3.05) is 79.7 Å². The van der Waals surface area contributed by atoms with Gasteiger partial charge in [0.2, 0.25) is 5.91 Å². The molecule has 1 N–H and O–H groups in total. The van der Waals surface area contributed by atoms with E-state index in [1.165, 1.54) is 12.8 Å². The van der Waals surface area contributed by atoms with Crippen molar-refractivity contribution >= 4 is 11.9 Å². The maximum Gasteiger partial charge on any atom is 0.239 e. The molecule has 0 bridgehead atoms. The third kappa shape index (κ3) is 5.83. The fourth-order valence-corrected chi connectivity index (χ4v) is 4.85. The van der Waals surface area contributed by atoms with Gasteiger partial charge in [0.1, 0.15) is 0 Å². The van der Waals surface area contributed by atoms with E-state index in [0.29, 0.717) is 11.9 Å². The van der Waals surface area contributed by atoms with Crippen LogP contribution in [-0.4, -0.2) is 123 Å². The number of carbonyl (C=O) groups is 1. The monoisotopic (exact) mass is 408 g/mol. The number of methoxy groups -OCH3 is 1. The molecule has 3 saturated heterocycles. The lowest BCUT2D eigenvalue weighted by molar-refractivity contribution is -0.135. The van der Waals surface area contributed by atoms with Crippen molar-refractivity contribution in [3.05, 3.63) is 0 Å². The average molecular weight is 409 g/mol. The van der Waals surface area contributed by atoms with E-state index in [4.69, 9.17) is 4.74 Å². The highest BCUT2D eigenvalue weighted by Gasteiger charge is 2.31. The van der Waals surface area contributed by atoms with Crippen LogP contribution in [0.25, 0.3) is 0 Å². The molecule has 3 aliphatic rings. The fourth-order valence-electron chi connectivity index (χ4n) is 4.85. The summed E-state index contributed by atoms with van der Waals surface area (Å²) in [5, 5.41) is 3.60. The molecule has 0 spiro atoms. The molecule has 166 valence electrons. The predicted molar refractivity (Wildman–Crippen MR) is 116 cm³/mol. The summed E-state index contributed by atoms with van der Waals surface area (Å²) in [5.41, 5.74) is 0. The molecule has 3 fully saturated rings. The van der Waals surface area contributed by atoms with Crippen molar-refractivity contribution in [2.45, 2.75) is 44.7 Å². The summed E-state index contributed by atoms with van der Waals surface area (Å²) in [6.07, 6.45) is 4.80. The second-order valence-corrected chi connectivity index (χ2v) is 8.48. The lowest BCUT2D eigenvalue weighted by Gasteiger charge is -2.40. The summed E-state index contributed by atoms with van der Waals surface area (Å²) in [5.74, 6) is 1.29. The molecular weight excluding hydrogens is 368 g/mol. The Labute approximate surface area is 176 Å². The maximum absolute atomic E-state index is 12.7. The van der Waals surface area contributed by atoms with Crippen LogP contribution in [0.1, 0.15) is 32.6 Å². The first-order chi connectivity index (χ1) is 14.1. The third-order valence-electron chi connectivity index (χ3n) is 6.73. The van der Waals surface area contributed by atoms with Gasteiger partial charge < -0.3 is 19.9 Å². The van der Waals surface area contributed by atoms with Gasteiger partial charge in [0, 0.05) is 72.6 Å². The molecule has 0 radical (unpaired) electrons. The molecule has 1 amide bonds. The number of aliphatic imine (C=N–C) groups is 1. The molecule has 3 heterocycles. The summed E-state index contributed by atoms with van der Waals surface area (Å²) in [6.45, 7) is 11.5. The van der Waals surface area contributed by atoms with Crippen LogP contribution in [0.4, 0.5) is 0 Å². The molecule has 3 rings (SSSR count). The Balaban J connectivity index is 1.43. The van der Waals surface area contributed by atoms with Crippen molar-refractivity contribution in [2.24, 2.45) is 4.99 Å². The van der Waals surface area contributed by atoms with E-state index >= 15 is 0 Å². The number of hydrogen-bond donors (Lipinski definition) is 1. The van der Waals surface area contributed by atoms with Gasteiger partial charge in [-0.1, -0.05) is 0 Å². The second-order valence-electron chi connectivity index (χ2n) is 8.48. The topological polar surface area (TPSA) is 63.7 Å². The summed E-state index contributed by atoms with van der Waals surface area (Å²) < 4.78 is 5.25. The number of nitrogens with one attached hydrogen (secondary N) is 1. The highest BCUT2D eigenvalue weighted by molar-refractivity contribution is 5.82. The van der Waals surface area contributed by atoms with Gasteiger partial charge in [-0.25, -0.2) is 0 Å². The molecule has 0 aromatic heterocycles. The van der Waals surface area contributed by atoms with Crippen LogP contribution in [0.2, 0.25) is 0 Å². The van der Waals surface area contributed by atoms with E-state index in [9.17, 15) is 4.79 Å². The molecule has 2 atom stereocenters. The second kappa shape index (κ2) is 11.1. The molecule has 29 heavy (non-hydrogen) atoms. The zero-order valence-electron chi connectivity index (χ0n) is 18.6. The summed E-state index contributed by atoms with van der Waals surface area (Å²) >= 11 is 0. The highest BCUT2D eigenvalue weighted by Crippen LogP contribution is 2.17. The predicted octanol–water partition coefficient (Wildman–Crippen LogP) is 0.301. The Hall–Kier alpha value is -1.38. The minimum absolute atomic E-state index is 0.0157. The first-order valence-electron chi connectivity index (χ1n) is 11.4. The molecule has 0 aromatic carbocycles. The number of carbonyl (C=O) groups excluding carboxylic acids is 1. The summed E-state index contributed by atoms with van der Waals surface area (Å²) in [6, 6.07) is 0.541. The van der Waals surface area contributed by atoms with Gasteiger partial charge in [0.25, 0.3) is 0 Å². The van der Waals surface area contributed by atoms with Crippen LogP contribution in [0.3, 0.4) is 0 Å². The van der Waals surface area contributed by atoms with E-state index in [2.05, 4.69) is 31.9 Å². The lowest BCUT2D eigenvalue weighted by Crippen LogP contribution is -2.57. The average Bonchev–Trinajstić information content (AvgIpc) is 3.44. The number of likely N-dealkylation sites (tertiary alicyclic amines) is 2. The fraction of sp³-hybridized carbons (Fsp3) is 0.905. The smallest absolute Gasteiger partial charge is 0.239 e. The minimum Gasteiger partial charge on any atom is -0.383 e. The van der Waals surface area contributed by atoms with E-state index < -0.39 is 0 Å². The van der Waals surface area contributed by atoms with Gasteiger partial charge >= 0.3 is 0 Å². The number of nitrogens with zero attached hydrogens (tertiary/aromatic N) is 5. The van der Waals surface area contributed by atoms with Gasteiger partial charge in [0.05, 0.1) is 12.6 Å². The minimum atomic E-state index is -0.0157. The summed E-state index contributed by atoms with van der Waals surface area (Å²) in [4.78, 5) is 26.4. The lowest BCUT2D eigenvalue weighted by atomic mass is 10.2. The summed E-state index contributed by atoms with van der Waals surface area (Å²) in [7, 11) is 3.63. The van der Waals surface area contributed by atoms with Crippen LogP contribution in [0, 0.1) is 0 Å². The zero-order valence-corrected chi connectivity index (χ0v) is 18.6. The van der Waals surface area contributed by atoms with Crippen LogP contribution >= 0.6 is 0 Å². The number of ether oxygens (including phenoxy) is 1. The first kappa shape index (κ1) is 22.3. The van der Waals surface area contributed by atoms with Gasteiger partial charge in [-0.05, 0) is 39.2 Å². The molecule has 8 heteroatoms. The molecule has 0 aliphatic carbocycles. The van der Waals surface area contributed by atoms with Crippen molar-refractivity contribution in [3.63, 3.8) is 0 Å². The van der Waals surface area contributed by atoms with Crippen LogP contribution in [-0.2, 0) is 9.53 Å². The van der Waals surface area contributed by atoms with Crippen molar-refractivity contribution in [1.82, 2.24) is 24.9 Å².